The quantitative estimate of drug-likeness (QED) is 0.531. The summed E-state index contributed by atoms with van der Waals surface area (Å²) in [4.78, 5) is 25.6. The van der Waals surface area contributed by atoms with Gasteiger partial charge in [0.25, 0.3) is 0 Å². The van der Waals surface area contributed by atoms with Gasteiger partial charge in [0.05, 0.1) is 22.3 Å². The number of nitrogens with zero attached hydrogens (tertiary/aromatic N) is 1. The first-order chi connectivity index (χ1) is 14.3. The maximum absolute atomic E-state index is 13.4. The molecule has 0 atom stereocenters. The number of carbonyl (C=O) groups is 1. The zero-order valence-electron chi connectivity index (χ0n) is 16.8. The molecule has 0 unspecified atom stereocenters. The summed E-state index contributed by atoms with van der Waals surface area (Å²) in [5.74, 6) is -1.29. The molecule has 0 saturated carbocycles. The van der Waals surface area contributed by atoms with Gasteiger partial charge in [-0.15, -0.1) is 0 Å². The van der Waals surface area contributed by atoms with Crippen molar-refractivity contribution in [3.63, 3.8) is 0 Å². The first-order valence-electron chi connectivity index (χ1n) is 9.34. The van der Waals surface area contributed by atoms with Crippen LogP contribution in [-0.4, -0.2) is 22.8 Å². The summed E-state index contributed by atoms with van der Waals surface area (Å²) >= 11 is 12.2. The van der Waals surface area contributed by atoms with Crippen LogP contribution in [0.2, 0.25) is 10.0 Å². The number of carboxylic acids is 1. The minimum absolute atomic E-state index is 0.288. The van der Waals surface area contributed by atoms with Gasteiger partial charge in [0.1, 0.15) is 5.56 Å². The first kappa shape index (κ1) is 22.1. The number of rotatable bonds is 6. The summed E-state index contributed by atoms with van der Waals surface area (Å²) in [6.07, 6.45) is 0. The molecule has 7 heteroatoms. The van der Waals surface area contributed by atoms with Gasteiger partial charge in [-0.05, 0) is 37.1 Å². The molecular formula is C23H21Cl2NO4. The van der Waals surface area contributed by atoms with Crippen molar-refractivity contribution in [2.24, 2.45) is 0 Å². The van der Waals surface area contributed by atoms with Gasteiger partial charge in [-0.1, -0.05) is 53.5 Å². The highest BCUT2D eigenvalue weighted by atomic mass is 35.5. The molecule has 30 heavy (non-hydrogen) atoms. The molecule has 2 aromatic carbocycles. The van der Waals surface area contributed by atoms with Crippen LogP contribution >= 0.6 is 23.2 Å². The number of aromatic carboxylic acids is 1. The minimum Gasteiger partial charge on any atom is -0.477 e. The van der Waals surface area contributed by atoms with E-state index in [0.29, 0.717) is 46.3 Å². The van der Waals surface area contributed by atoms with Crippen LogP contribution in [0, 0.1) is 6.92 Å². The van der Waals surface area contributed by atoms with Crippen LogP contribution in [-0.2, 0) is 17.9 Å². The van der Waals surface area contributed by atoms with Crippen molar-refractivity contribution in [1.29, 1.82) is 0 Å². The lowest BCUT2D eigenvalue weighted by Crippen LogP contribution is -2.25. The van der Waals surface area contributed by atoms with Crippen LogP contribution in [0.4, 0.5) is 0 Å². The predicted octanol–water partition coefficient (Wildman–Crippen LogP) is 5.66. The number of carboxylic acid groups (broad SMARTS) is 1. The van der Waals surface area contributed by atoms with Gasteiger partial charge in [0.2, 0.25) is 5.43 Å². The van der Waals surface area contributed by atoms with E-state index in [1.807, 2.05) is 42.7 Å². The van der Waals surface area contributed by atoms with Crippen LogP contribution in [0.15, 0.2) is 47.3 Å². The summed E-state index contributed by atoms with van der Waals surface area (Å²) in [6.45, 7) is 4.64. The van der Waals surface area contributed by atoms with Crippen molar-refractivity contribution in [2.75, 3.05) is 7.11 Å². The molecule has 0 amide bonds. The standard InChI is InChI=1S/C23H21Cl2NO4/c1-4-26-13(2)19(15-7-5-14(6-8-15)12-30-3)22(27)20(23(28)29)21(26)16-9-10-17(24)18(25)11-16/h5-11H,4,12H2,1-3H3,(H,28,29). The van der Waals surface area contributed by atoms with E-state index in [1.54, 1.807) is 25.3 Å². The molecule has 156 valence electrons. The van der Waals surface area contributed by atoms with E-state index in [4.69, 9.17) is 27.9 Å². The van der Waals surface area contributed by atoms with Gasteiger partial charge in [-0.25, -0.2) is 4.79 Å². The summed E-state index contributed by atoms with van der Waals surface area (Å²) in [6, 6.07) is 12.2. The molecule has 1 heterocycles. The van der Waals surface area contributed by atoms with E-state index in [0.717, 1.165) is 5.56 Å². The molecule has 0 aliphatic heterocycles. The van der Waals surface area contributed by atoms with E-state index in [-0.39, 0.29) is 10.6 Å². The van der Waals surface area contributed by atoms with Crippen LogP contribution in [0.3, 0.4) is 0 Å². The Balaban J connectivity index is 2.35. The van der Waals surface area contributed by atoms with Crippen LogP contribution in [0.1, 0.15) is 28.5 Å². The number of halogens is 2. The number of pyridine rings is 1. The molecule has 3 aromatic rings. The minimum atomic E-state index is -1.29. The van der Waals surface area contributed by atoms with Gasteiger partial charge < -0.3 is 14.4 Å². The Labute approximate surface area is 184 Å². The fraction of sp³-hybridized carbons (Fsp3) is 0.217. The fourth-order valence-corrected chi connectivity index (χ4v) is 3.94. The van der Waals surface area contributed by atoms with Gasteiger partial charge in [-0.2, -0.15) is 0 Å². The Kier molecular flexibility index (Phi) is 6.66. The Bertz CT molecular complexity index is 1170. The zero-order valence-corrected chi connectivity index (χ0v) is 18.3. The van der Waals surface area contributed by atoms with Crippen molar-refractivity contribution in [1.82, 2.24) is 4.57 Å². The Morgan fingerprint density at radius 1 is 1.07 bits per heavy atom. The summed E-state index contributed by atoms with van der Waals surface area (Å²) in [5.41, 5.74) is 2.65. The predicted molar refractivity (Wildman–Crippen MR) is 120 cm³/mol. The summed E-state index contributed by atoms with van der Waals surface area (Å²) in [5, 5.41) is 10.6. The molecule has 0 bridgehead atoms. The highest BCUT2D eigenvalue weighted by Gasteiger charge is 2.25. The Hall–Kier alpha value is -2.60. The van der Waals surface area contributed by atoms with Crippen LogP contribution in [0.25, 0.3) is 22.4 Å². The van der Waals surface area contributed by atoms with E-state index < -0.39 is 11.4 Å². The second-order valence-electron chi connectivity index (χ2n) is 6.82. The summed E-state index contributed by atoms with van der Waals surface area (Å²) < 4.78 is 6.95. The lowest BCUT2D eigenvalue weighted by molar-refractivity contribution is 0.0695. The maximum atomic E-state index is 13.4. The fourth-order valence-electron chi connectivity index (χ4n) is 3.65. The first-order valence-corrected chi connectivity index (χ1v) is 10.1. The molecule has 0 fully saturated rings. The second kappa shape index (κ2) is 9.04. The normalized spacial score (nSPS) is 11.0. The third kappa shape index (κ3) is 4.01. The number of ether oxygens (including phenoxy) is 1. The van der Waals surface area contributed by atoms with Crippen molar-refractivity contribution >= 4 is 29.2 Å². The molecule has 0 spiro atoms. The van der Waals surface area contributed by atoms with E-state index in [2.05, 4.69) is 0 Å². The molecule has 0 aliphatic rings. The lowest BCUT2D eigenvalue weighted by Gasteiger charge is -2.21. The summed E-state index contributed by atoms with van der Waals surface area (Å²) in [7, 11) is 1.61. The topological polar surface area (TPSA) is 68.5 Å². The zero-order chi connectivity index (χ0) is 22.0. The molecule has 3 rings (SSSR count). The SMILES string of the molecule is CCn1c(C)c(-c2ccc(COC)cc2)c(=O)c(C(=O)O)c1-c1ccc(Cl)c(Cl)c1. The number of benzene rings is 2. The van der Waals surface area contributed by atoms with Crippen molar-refractivity contribution in [3.05, 3.63) is 79.6 Å². The average Bonchev–Trinajstić information content (AvgIpc) is 2.71. The lowest BCUT2D eigenvalue weighted by atomic mass is 9.95. The maximum Gasteiger partial charge on any atom is 0.341 e. The number of hydrogen-bond acceptors (Lipinski definition) is 3. The van der Waals surface area contributed by atoms with E-state index in [9.17, 15) is 14.7 Å². The molecule has 0 saturated heterocycles. The highest BCUT2D eigenvalue weighted by molar-refractivity contribution is 6.42. The second-order valence-corrected chi connectivity index (χ2v) is 7.64. The molecule has 0 aliphatic carbocycles. The molecular weight excluding hydrogens is 425 g/mol. The van der Waals surface area contributed by atoms with Gasteiger partial charge in [0.15, 0.2) is 0 Å². The van der Waals surface area contributed by atoms with Crippen molar-refractivity contribution in [2.45, 2.75) is 27.0 Å². The highest BCUT2D eigenvalue weighted by Crippen LogP contribution is 2.33. The molecule has 1 aromatic heterocycles. The number of methoxy groups -OCH3 is 1. The molecule has 0 radical (unpaired) electrons. The monoisotopic (exact) mass is 445 g/mol. The molecule has 5 nitrogen and oxygen atoms in total. The Morgan fingerprint density at radius 2 is 1.70 bits per heavy atom. The van der Waals surface area contributed by atoms with Crippen molar-refractivity contribution < 1.29 is 14.6 Å². The van der Waals surface area contributed by atoms with Crippen molar-refractivity contribution in [3.8, 4) is 22.4 Å². The largest absolute Gasteiger partial charge is 0.477 e. The van der Waals surface area contributed by atoms with Crippen LogP contribution in [0.5, 0.6) is 0 Å². The average molecular weight is 446 g/mol. The van der Waals surface area contributed by atoms with E-state index >= 15 is 0 Å². The van der Waals surface area contributed by atoms with Gasteiger partial charge in [-0.3, -0.25) is 4.79 Å². The number of hydrogen-bond donors (Lipinski definition) is 1. The van der Waals surface area contributed by atoms with E-state index in [1.165, 1.54) is 0 Å². The third-order valence-electron chi connectivity index (χ3n) is 5.00. The smallest absolute Gasteiger partial charge is 0.341 e. The Morgan fingerprint density at radius 3 is 2.23 bits per heavy atom. The third-order valence-corrected chi connectivity index (χ3v) is 5.74. The number of aromatic nitrogens is 1. The molecule has 1 N–H and O–H groups in total. The van der Waals surface area contributed by atoms with Crippen LogP contribution < -0.4 is 5.43 Å². The van der Waals surface area contributed by atoms with Gasteiger partial charge in [0, 0.05) is 30.5 Å². The van der Waals surface area contributed by atoms with Gasteiger partial charge >= 0.3 is 5.97 Å².